The molecule has 5 nitrogen and oxygen atoms in total. The Morgan fingerprint density at radius 3 is 2.52 bits per heavy atom. The van der Waals surface area contributed by atoms with Gasteiger partial charge in [-0.3, -0.25) is 4.79 Å². The van der Waals surface area contributed by atoms with E-state index in [1.807, 2.05) is 26.8 Å². The lowest BCUT2D eigenvalue weighted by Gasteiger charge is -2.30. The Kier molecular flexibility index (Phi) is 7.40. The van der Waals surface area contributed by atoms with E-state index in [-0.39, 0.29) is 23.9 Å². The number of esters is 1. The van der Waals surface area contributed by atoms with E-state index >= 15 is 0 Å². The largest absolute Gasteiger partial charge is 0.466 e. The first kappa shape index (κ1) is 21.8. The molecule has 1 aromatic carbocycles. The van der Waals surface area contributed by atoms with Gasteiger partial charge < -0.3 is 14.4 Å². The molecule has 2 unspecified atom stereocenters. The van der Waals surface area contributed by atoms with Crippen molar-refractivity contribution in [1.82, 2.24) is 4.90 Å². The summed E-state index contributed by atoms with van der Waals surface area (Å²) >= 11 is 12.2. The van der Waals surface area contributed by atoms with Crippen LogP contribution in [0.2, 0.25) is 10.0 Å². The summed E-state index contributed by atoms with van der Waals surface area (Å²) in [5.74, 6) is -0.844. The lowest BCUT2D eigenvalue weighted by molar-refractivity contribution is -0.149. The molecular weight excluding hydrogens is 389 g/mol. The number of amides is 1. The summed E-state index contributed by atoms with van der Waals surface area (Å²) < 4.78 is 10.8. The quantitative estimate of drug-likeness (QED) is 0.629. The average Bonchev–Trinajstić information content (AvgIpc) is 2.79. The Balaban J connectivity index is 2.33. The fraction of sp³-hybridized carbons (Fsp3) is 0.600. The maximum absolute atomic E-state index is 12.6. The summed E-state index contributed by atoms with van der Waals surface area (Å²) in [6.45, 7) is 8.50. The Hall–Kier alpha value is -1.46. The van der Waals surface area contributed by atoms with Crippen LogP contribution in [0.1, 0.15) is 52.0 Å². The zero-order chi connectivity index (χ0) is 20.2. The van der Waals surface area contributed by atoms with Crippen molar-refractivity contribution >= 4 is 35.3 Å². The predicted molar refractivity (Wildman–Crippen MR) is 106 cm³/mol. The number of benzene rings is 1. The van der Waals surface area contributed by atoms with Crippen molar-refractivity contribution in [3.8, 4) is 0 Å². The summed E-state index contributed by atoms with van der Waals surface area (Å²) in [6.07, 6.45) is 0.945. The third-order valence-corrected chi connectivity index (χ3v) is 5.20. The zero-order valence-corrected chi connectivity index (χ0v) is 17.8. The third-order valence-electron chi connectivity index (χ3n) is 4.46. The number of likely N-dealkylation sites (tertiary alicyclic amines) is 1. The first-order valence-electron chi connectivity index (χ1n) is 9.22. The summed E-state index contributed by atoms with van der Waals surface area (Å²) in [7, 11) is 0. The van der Waals surface area contributed by atoms with Gasteiger partial charge in [-0.25, -0.2) is 4.79 Å². The summed E-state index contributed by atoms with van der Waals surface area (Å²) in [5.41, 5.74) is 0.279. The molecule has 0 aliphatic carbocycles. The van der Waals surface area contributed by atoms with Crippen molar-refractivity contribution in [2.75, 3.05) is 19.7 Å². The van der Waals surface area contributed by atoms with E-state index in [1.54, 1.807) is 24.0 Å². The van der Waals surface area contributed by atoms with Gasteiger partial charge in [-0.1, -0.05) is 29.3 Å². The van der Waals surface area contributed by atoms with Gasteiger partial charge in [0.2, 0.25) is 0 Å². The molecule has 27 heavy (non-hydrogen) atoms. The molecule has 1 aliphatic rings. The van der Waals surface area contributed by atoms with Crippen LogP contribution in [0, 0.1) is 5.92 Å². The van der Waals surface area contributed by atoms with Crippen LogP contribution in [0.4, 0.5) is 4.79 Å². The minimum atomic E-state index is -0.580. The average molecular weight is 416 g/mol. The molecule has 7 heteroatoms. The van der Waals surface area contributed by atoms with E-state index < -0.39 is 5.60 Å². The van der Waals surface area contributed by atoms with E-state index in [2.05, 4.69) is 0 Å². The van der Waals surface area contributed by atoms with Crippen molar-refractivity contribution in [2.45, 2.75) is 52.1 Å². The number of nitrogens with zero attached hydrogens (tertiary/aromatic N) is 1. The van der Waals surface area contributed by atoms with Crippen molar-refractivity contribution in [1.29, 1.82) is 0 Å². The van der Waals surface area contributed by atoms with Gasteiger partial charge in [0, 0.05) is 19.0 Å². The second-order valence-electron chi connectivity index (χ2n) is 7.71. The van der Waals surface area contributed by atoms with Crippen LogP contribution in [0.15, 0.2) is 18.2 Å². The highest BCUT2D eigenvalue weighted by Gasteiger charge is 2.37. The van der Waals surface area contributed by atoms with Gasteiger partial charge in [0.25, 0.3) is 0 Å². The van der Waals surface area contributed by atoms with Crippen LogP contribution in [-0.2, 0) is 14.3 Å². The second kappa shape index (κ2) is 9.16. The molecule has 1 saturated heterocycles. The molecule has 1 fully saturated rings. The molecule has 1 aromatic rings. The van der Waals surface area contributed by atoms with Gasteiger partial charge in [-0.15, -0.1) is 0 Å². The number of hydrogen-bond donors (Lipinski definition) is 0. The molecule has 1 aliphatic heterocycles. The number of carbonyl (C=O) groups excluding carboxylic acids is 2. The maximum atomic E-state index is 12.6. The van der Waals surface area contributed by atoms with Crippen molar-refractivity contribution in [3.05, 3.63) is 33.8 Å². The minimum Gasteiger partial charge on any atom is -0.466 e. The van der Waals surface area contributed by atoms with Crippen LogP contribution in [0.5, 0.6) is 0 Å². The summed E-state index contributed by atoms with van der Waals surface area (Å²) in [6, 6.07) is 5.33. The van der Waals surface area contributed by atoms with E-state index in [1.165, 1.54) is 0 Å². The van der Waals surface area contributed by atoms with Crippen molar-refractivity contribution in [2.24, 2.45) is 5.92 Å². The van der Waals surface area contributed by atoms with Crippen molar-refractivity contribution < 1.29 is 19.1 Å². The van der Waals surface area contributed by atoms with E-state index in [0.717, 1.165) is 5.56 Å². The van der Waals surface area contributed by atoms with Gasteiger partial charge in [0.15, 0.2) is 0 Å². The molecule has 2 atom stereocenters. The normalized spacial score (nSPS) is 20.7. The predicted octanol–water partition coefficient (Wildman–Crippen LogP) is 5.29. The Morgan fingerprint density at radius 1 is 1.22 bits per heavy atom. The lowest BCUT2D eigenvalue weighted by Crippen LogP contribution is -2.39. The monoisotopic (exact) mass is 415 g/mol. The summed E-state index contributed by atoms with van der Waals surface area (Å²) in [5, 5.41) is 0.871. The van der Waals surface area contributed by atoms with Crippen LogP contribution in [0.3, 0.4) is 0 Å². The maximum Gasteiger partial charge on any atom is 0.410 e. The molecule has 0 radical (unpaired) electrons. The van der Waals surface area contributed by atoms with Crippen LogP contribution >= 0.6 is 23.2 Å². The lowest BCUT2D eigenvalue weighted by atomic mass is 9.84. The fourth-order valence-corrected chi connectivity index (χ4v) is 3.57. The fourth-order valence-electron chi connectivity index (χ4n) is 3.26. The van der Waals surface area contributed by atoms with Crippen LogP contribution < -0.4 is 0 Å². The summed E-state index contributed by atoms with van der Waals surface area (Å²) in [4.78, 5) is 26.8. The zero-order valence-electron chi connectivity index (χ0n) is 16.3. The Morgan fingerprint density at radius 2 is 1.93 bits per heavy atom. The molecule has 0 bridgehead atoms. The number of carbonyl (C=O) groups is 2. The molecule has 2 rings (SSSR count). The molecule has 1 heterocycles. The molecule has 0 spiro atoms. The number of rotatable bonds is 3. The van der Waals surface area contributed by atoms with Gasteiger partial charge in [-0.05, 0) is 58.2 Å². The SMILES string of the molecule is CCOC(=O)C1CCCN(C(=O)OC(C)(C)C)CC1c1ccc(Cl)c(Cl)c1. The highest BCUT2D eigenvalue weighted by atomic mass is 35.5. The first-order valence-corrected chi connectivity index (χ1v) is 9.97. The van der Waals surface area contributed by atoms with Crippen molar-refractivity contribution in [3.63, 3.8) is 0 Å². The molecule has 0 aromatic heterocycles. The first-order chi connectivity index (χ1) is 12.6. The Labute approximate surface area is 170 Å². The molecule has 150 valence electrons. The van der Waals surface area contributed by atoms with Crippen LogP contribution in [0.25, 0.3) is 0 Å². The minimum absolute atomic E-state index is 0.242. The standard InChI is InChI=1S/C20H27Cl2NO4/c1-5-26-18(24)14-7-6-10-23(19(25)27-20(2,3)4)12-15(14)13-8-9-16(21)17(22)11-13/h8-9,11,14-15H,5-7,10,12H2,1-4H3. The Bertz CT molecular complexity index is 687. The second-order valence-corrected chi connectivity index (χ2v) is 8.52. The number of halogens is 2. The van der Waals surface area contributed by atoms with Gasteiger partial charge in [0.05, 0.1) is 22.6 Å². The molecule has 0 saturated carbocycles. The third kappa shape index (κ3) is 6.01. The van der Waals surface area contributed by atoms with E-state index in [0.29, 0.717) is 42.6 Å². The van der Waals surface area contributed by atoms with E-state index in [4.69, 9.17) is 32.7 Å². The number of ether oxygens (including phenoxy) is 2. The molecule has 0 N–H and O–H groups in total. The highest BCUT2D eigenvalue weighted by molar-refractivity contribution is 6.42. The smallest absolute Gasteiger partial charge is 0.410 e. The number of hydrogen-bond acceptors (Lipinski definition) is 4. The van der Waals surface area contributed by atoms with E-state index in [9.17, 15) is 9.59 Å². The van der Waals surface area contributed by atoms with Crippen LogP contribution in [-0.4, -0.2) is 42.3 Å². The van der Waals surface area contributed by atoms with Gasteiger partial charge in [-0.2, -0.15) is 0 Å². The topological polar surface area (TPSA) is 55.8 Å². The molecular formula is C20H27Cl2NO4. The molecule has 1 amide bonds. The van der Waals surface area contributed by atoms with Gasteiger partial charge >= 0.3 is 12.1 Å². The highest BCUT2D eigenvalue weighted by Crippen LogP contribution is 2.36. The van der Waals surface area contributed by atoms with Gasteiger partial charge in [0.1, 0.15) is 5.60 Å².